The monoisotopic (exact) mass is 407 g/mol. The van der Waals surface area contributed by atoms with Gasteiger partial charge in [0.2, 0.25) is 6.43 Å². The Bertz CT molecular complexity index is 671. The Morgan fingerprint density at radius 3 is 2.45 bits per heavy atom. The maximum absolute atomic E-state index is 12.0. The number of hydroxylamine groups is 1. The summed E-state index contributed by atoms with van der Waals surface area (Å²) in [5.74, 6) is 0.411. The summed E-state index contributed by atoms with van der Waals surface area (Å²) in [6.07, 6.45) is 6.81. The van der Waals surface area contributed by atoms with Crippen LogP contribution in [0.25, 0.3) is 0 Å². The number of allylic oxidation sites excluding steroid dienone is 5. The minimum atomic E-state index is -2.38. The lowest BCUT2D eigenvalue weighted by Gasteiger charge is -2.22. The molecule has 5 heteroatoms. The molecule has 1 aromatic carbocycles. The molecule has 162 valence electrons. The molecule has 0 aliphatic heterocycles. The first-order valence-electron chi connectivity index (χ1n) is 10.2. The van der Waals surface area contributed by atoms with E-state index in [0.29, 0.717) is 5.92 Å². The summed E-state index contributed by atoms with van der Waals surface area (Å²) in [6, 6.07) is 10.7. The molecular weight excluding hydrogens is 372 g/mol. The molecule has 1 aliphatic carbocycles. The van der Waals surface area contributed by atoms with Gasteiger partial charge in [-0.25, -0.2) is 8.78 Å². The van der Waals surface area contributed by atoms with Gasteiger partial charge in [-0.2, -0.15) is 0 Å². The Kier molecular flexibility index (Phi) is 11.3. The molecule has 0 amide bonds. The van der Waals surface area contributed by atoms with Crippen LogP contribution in [0.3, 0.4) is 0 Å². The maximum atomic E-state index is 12.0. The number of unbranched alkanes of at least 4 members (excludes halogenated alkanes) is 1. The van der Waals surface area contributed by atoms with Gasteiger partial charge in [0.05, 0.1) is 12.9 Å². The zero-order valence-electron chi connectivity index (χ0n) is 18.0. The standard InChI is InChI=1S/C17H22O.C7H13F2NO/c1-3-4-8-15-11-12-16(13-17(15)18-2)14-9-6-5-7-10-14;1-4(6(3)10-11)5(2)7(8)9/h5-7,9-12,16H,3-4,8,13H2,1-2H3;4-5,7,10-11H,3H2,1-2H3. The van der Waals surface area contributed by atoms with Crippen molar-refractivity contribution in [3.63, 3.8) is 0 Å². The Balaban J connectivity index is 0.000000331. The third kappa shape index (κ3) is 8.01. The molecule has 0 saturated heterocycles. The number of methoxy groups -OCH3 is 1. The maximum Gasteiger partial charge on any atom is 0.241 e. The van der Waals surface area contributed by atoms with E-state index in [-0.39, 0.29) is 5.70 Å². The molecule has 2 rings (SSSR count). The largest absolute Gasteiger partial charge is 0.501 e. The van der Waals surface area contributed by atoms with E-state index >= 15 is 0 Å². The van der Waals surface area contributed by atoms with Crippen LogP contribution in [0.15, 0.2) is 66.1 Å². The van der Waals surface area contributed by atoms with Crippen LogP contribution in [0.5, 0.6) is 0 Å². The van der Waals surface area contributed by atoms with Crippen molar-refractivity contribution in [3.05, 3.63) is 71.7 Å². The number of alkyl halides is 2. The third-order valence-electron chi connectivity index (χ3n) is 5.45. The number of hydrogen-bond acceptors (Lipinski definition) is 3. The van der Waals surface area contributed by atoms with E-state index in [1.54, 1.807) is 19.5 Å². The van der Waals surface area contributed by atoms with Crippen molar-refractivity contribution in [1.82, 2.24) is 5.48 Å². The number of ether oxygens (including phenoxy) is 1. The lowest BCUT2D eigenvalue weighted by Crippen LogP contribution is -2.23. The smallest absolute Gasteiger partial charge is 0.241 e. The van der Waals surface area contributed by atoms with Crippen LogP contribution in [0.1, 0.15) is 57.9 Å². The van der Waals surface area contributed by atoms with E-state index in [9.17, 15) is 8.78 Å². The first-order valence-corrected chi connectivity index (χ1v) is 10.2. The molecule has 1 aliphatic rings. The minimum absolute atomic E-state index is 0.220. The van der Waals surface area contributed by atoms with Gasteiger partial charge in [0, 0.05) is 29.9 Å². The molecule has 3 atom stereocenters. The second-order valence-electron chi connectivity index (χ2n) is 7.46. The molecule has 0 aromatic heterocycles. The van der Waals surface area contributed by atoms with E-state index in [0.717, 1.165) is 12.8 Å². The van der Waals surface area contributed by atoms with Gasteiger partial charge in [0.25, 0.3) is 0 Å². The zero-order chi connectivity index (χ0) is 21.8. The molecule has 0 heterocycles. The summed E-state index contributed by atoms with van der Waals surface area (Å²) in [5.41, 5.74) is 4.75. The van der Waals surface area contributed by atoms with Crippen LogP contribution < -0.4 is 5.48 Å². The number of hydrogen-bond donors (Lipinski definition) is 2. The van der Waals surface area contributed by atoms with E-state index in [1.165, 1.54) is 36.7 Å². The van der Waals surface area contributed by atoms with Crippen molar-refractivity contribution in [2.75, 3.05) is 7.11 Å². The Hall–Kier alpha value is -2.14. The van der Waals surface area contributed by atoms with E-state index in [4.69, 9.17) is 9.94 Å². The fraction of sp³-hybridized carbons (Fsp3) is 0.500. The van der Waals surface area contributed by atoms with Crippen molar-refractivity contribution in [1.29, 1.82) is 0 Å². The highest BCUT2D eigenvalue weighted by atomic mass is 19.3. The molecule has 3 unspecified atom stereocenters. The normalized spacial score (nSPS) is 18.0. The minimum Gasteiger partial charge on any atom is -0.501 e. The van der Waals surface area contributed by atoms with Crippen molar-refractivity contribution in [2.24, 2.45) is 11.8 Å². The van der Waals surface area contributed by atoms with Gasteiger partial charge in [0.1, 0.15) is 0 Å². The average Bonchev–Trinajstić information content (AvgIpc) is 2.76. The topological polar surface area (TPSA) is 41.5 Å². The van der Waals surface area contributed by atoms with Gasteiger partial charge in [-0.05, 0) is 24.0 Å². The first-order chi connectivity index (χ1) is 13.8. The second-order valence-corrected chi connectivity index (χ2v) is 7.46. The quantitative estimate of drug-likeness (QED) is 0.441. The summed E-state index contributed by atoms with van der Waals surface area (Å²) in [5, 5.41) is 8.34. The molecule has 0 saturated carbocycles. The lowest BCUT2D eigenvalue weighted by atomic mass is 9.87. The zero-order valence-corrected chi connectivity index (χ0v) is 18.0. The molecule has 0 spiro atoms. The fourth-order valence-corrected chi connectivity index (χ4v) is 3.10. The molecule has 0 bridgehead atoms. The van der Waals surface area contributed by atoms with Gasteiger partial charge >= 0.3 is 0 Å². The predicted molar refractivity (Wildman–Crippen MR) is 115 cm³/mol. The van der Waals surface area contributed by atoms with Crippen LogP contribution >= 0.6 is 0 Å². The SMILES string of the molecule is C=C(NO)C(C)C(C)C(F)F.CCCCC1=C(OC)CC(c2ccccc2)C=C1. The first kappa shape index (κ1) is 24.9. The van der Waals surface area contributed by atoms with Crippen LogP contribution in [-0.4, -0.2) is 18.7 Å². The van der Waals surface area contributed by atoms with Gasteiger partial charge in [-0.15, -0.1) is 0 Å². The van der Waals surface area contributed by atoms with E-state index < -0.39 is 18.3 Å². The highest BCUT2D eigenvalue weighted by Gasteiger charge is 2.23. The van der Waals surface area contributed by atoms with Crippen molar-refractivity contribution in [3.8, 4) is 0 Å². The number of nitrogens with one attached hydrogen (secondary N) is 1. The van der Waals surface area contributed by atoms with E-state index in [1.807, 2.05) is 0 Å². The molecule has 3 nitrogen and oxygen atoms in total. The fourth-order valence-electron chi connectivity index (χ4n) is 3.10. The summed E-state index contributed by atoms with van der Waals surface area (Å²) in [7, 11) is 1.79. The summed E-state index contributed by atoms with van der Waals surface area (Å²) >= 11 is 0. The highest BCUT2D eigenvalue weighted by molar-refractivity contribution is 5.35. The molecule has 2 N–H and O–H groups in total. The van der Waals surface area contributed by atoms with Gasteiger partial charge in [-0.1, -0.05) is 76.3 Å². The number of benzene rings is 1. The van der Waals surface area contributed by atoms with E-state index in [2.05, 4.69) is 56.0 Å². The van der Waals surface area contributed by atoms with Crippen LogP contribution in [0, 0.1) is 11.8 Å². The van der Waals surface area contributed by atoms with Crippen LogP contribution in [0.2, 0.25) is 0 Å². The Morgan fingerprint density at radius 2 is 1.93 bits per heavy atom. The Morgan fingerprint density at radius 1 is 1.28 bits per heavy atom. The third-order valence-corrected chi connectivity index (χ3v) is 5.45. The van der Waals surface area contributed by atoms with Crippen molar-refractivity contribution in [2.45, 2.75) is 58.8 Å². The predicted octanol–water partition coefficient (Wildman–Crippen LogP) is 6.84. The molecule has 1 aromatic rings. The number of rotatable bonds is 9. The van der Waals surface area contributed by atoms with Gasteiger partial charge in [-0.3, -0.25) is 10.7 Å². The second kappa shape index (κ2) is 13.2. The van der Waals surface area contributed by atoms with Crippen molar-refractivity contribution >= 4 is 0 Å². The molecule has 0 fully saturated rings. The van der Waals surface area contributed by atoms with Crippen LogP contribution in [-0.2, 0) is 4.74 Å². The molecule has 29 heavy (non-hydrogen) atoms. The molecular formula is C24H35F2NO2. The summed E-state index contributed by atoms with van der Waals surface area (Å²) < 4.78 is 29.6. The highest BCUT2D eigenvalue weighted by Crippen LogP contribution is 2.33. The Labute approximate surface area is 174 Å². The van der Waals surface area contributed by atoms with Gasteiger partial charge < -0.3 is 4.74 Å². The summed E-state index contributed by atoms with van der Waals surface area (Å²) in [6.45, 7) is 8.61. The molecule has 0 radical (unpaired) electrons. The summed E-state index contributed by atoms with van der Waals surface area (Å²) in [4.78, 5) is 0. The number of halogens is 2. The van der Waals surface area contributed by atoms with Crippen molar-refractivity contribution < 1.29 is 18.7 Å². The average molecular weight is 408 g/mol. The lowest BCUT2D eigenvalue weighted by molar-refractivity contribution is 0.0579. The van der Waals surface area contributed by atoms with Crippen LogP contribution in [0.4, 0.5) is 8.78 Å². The van der Waals surface area contributed by atoms with Gasteiger partial charge in [0.15, 0.2) is 0 Å².